The monoisotopic (exact) mass is 440 g/mol. The van der Waals surface area contributed by atoms with Crippen LogP contribution in [0.4, 0.5) is 13.2 Å². The Balaban J connectivity index is 1.55. The van der Waals surface area contributed by atoms with Crippen molar-refractivity contribution < 1.29 is 26.4 Å². The molecule has 0 saturated heterocycles. The predicted octanol–water partition coefficient (Wildman–Crippen LogP) is 4.17. The molecule has 1 aromatic carbocycles. The van der Waals surface area contributed by atoms with Crippen molar-refractivity contribution in [3.05, 3.63) is 59.4 Å². The van der Waals surface area contributed by atoms with Crippen LogP contribution < -0.4 is 5.32 Å². The number of benzene rings is 1. The van der Waals surface area contributed by atoms with Gasteiger partial charge in [-0.05, 0) is 62.3 Å². The molecule has 30 heavy (non-hydrogen) atoms. The Morgan fingerprint density at radius 3 is 2.47 bits per heavy atom. The third-order valence-corrected chi connectivity index (χ3v) is 7.20. The molecule has 1 aromatic heterocycles. The normalized spacial score (nSPS) is 20.0. The first-order valence-corrected chi connectivity index (χ1v) is 11.3. The van der Waals surface area contributed by atoms with Crippen molar-refractivity contribution in [1.29, 1.82) is 0 Å². The molecule has 1 heterocycles. The number of hydrogen-bond donors (Lipinski definition) is 1. The first-order valence-electron chi connectivity index (χ1n) is 9.67. The Kier molecular flexibility index (Phi) is 6.50. The van der Waals surface area contributed by atoms with Gasteiger partial charge in [-0.1, -0.05) is 12.1 Å². The number of nitrogens with zero attached hydrogens (tertiary/aromatic N) is 1. The van der Waals surface area contributed by atoms with Crippen molar-refractivity contribution in [2.24, 2.45) is 5.92 Å². The molecule has 1 N–H and O–H groups in total. The van der Waals surface area contributed by atoms with Crippen LogP contribution in [0.3, 0.4) is 0 Å². The summed E-state index contributed by atoms with van der Waals surface area (Å²) in [4.78, 5) is 16.1. The SMILES string of the molecule is Cc1cccc(S(=O)(=O)C[C@H]2CC[C@H](NC(=O)c3cncc(C(F)(F)F)c3)CC2)c1. The van der Waals surface area contributed by atoms with Gasteiger partial charge in [-0.2, -0.15) is 13.2 Å². The van der Waals surface area contributed by atoms with Crippen LogP contribution in [0.25, 0.3) is 0 Å². The van der Waals surface area contributed by atoms with Gasteiger partial charge < -0.3 is 5.32 Å². The lowest BCUT2D eigenvalue weighted by Crippen LogP contribution is -2.38. The standard InChI is InChI=1S/C21H23F3N2O3S/c1-14-3-2-4-19(9-14)30(28,29)13-15-5-7-18(8-6-15)26-20(27)16-10-17(12-25-11-16)21(22,23)24/h2-4,9-12,15,18H,5-8,13H2,1H3,(H,26,27)/t15-,18-. The Bertz CT molecular complexity index is 1010. The van der Waals surface area contributed by atoms with E-state index in [4.69, 9.17) is 0 Å². The average Bonchev–Trinajstić information content (AvgIpc) is 2.69. The Morgan fingerprint density at radius 1 is 1.13 bits per heavy atom. The van der Waals surface area contributed by atoms with Crippen molar-refractivity contribution in [2.75, 3.05) is 5.75 Å². The Labute approximate surface area is 173 Å². The Morgan fingerprint density at radius 2 is 1.83 bits per heavy atom. The van der Waals surface area contributed by atoms with Crippen molar-refractivity contribution in [3.63, 3.8) is 0 Å². The van der Waals surface area contributed by atoms with Crippen LogP contribution in [-0.4, -0.2) is 31.1 Å². The van der Waals surface area contributed by atoms with E-state index in [2.05, 4.69) is 10.3 Å². The van der Waals surface area contributed by atoms with E-state index in [1.165, 1.54) is 0 Å². The van der Waals surface area contributed by atoms with Crippen molar-refractivity contribution in [2.45, 2.75) is 49.7 Å². The number of carbonyl (C=O) groups excluding carboxylic acids is 1. The fourth-order valence-electron chi connectivity index (χ4n) is 3.68. The summed E-state index contributed by atoms with van der Waals surface area (Å²) in [5, 5.41) is 2.74. The number of amides is 1. The summed E-state index contributed by atoms with van der Waals surface area (Å²) < 4.78 is 63.7. The molecule has 2 aromatic rings. The third kappa shape index (κ3) is 5.59. The molecule has 0 unspecified atom stereocenters. The molecule has 9 heteroatoms. The highest BCUT2D eigenvalue weighted by Crippen LogP contribution is 2.30. The zero-order chi connectivity index (χ0) is 21.9. The zero-order valence-corrected chi connectivity index (χ0v) is 17.3. The molecule has 0 aliphatic heterocycles. The molecule has 1 fully saturated rings. The first-order chi connectivity index (χ1) is 14.0. The molecule has 1 amide bonds. The summed E-state index contributed by atoms with van der Waals surface area (Å²) in [7, 11) is -3.39. The summed E-state index contributed by atoms with van der Waals surface area (Å²) in [5.74, 6) is -0.572. The molecule has 1 saturated carbocycles. The van der Waals surface area contributed by atoms with E-state index in [9.17, 15) is 26.4 Å². The van der Waals surface area contributed by atoms with Crippen LogP contribution >= 0.6 is 0 Å². The van der Waals surface area contributed by atoms with Gasteiger partial charge in [0.05, 0.1) is 21.8 Å². The molecule has 0 atom stereocenters. The molecule has 1 aliphatic rings. The maximum Gasteiger partial charge on any atom is 0.417 e. The summed E-state index contributed by atoms with van der Waals surface area (Å²) in [6.45, 7) is 1.84. The van der Waals surface area contributed by atoms with Gasteiger partial charge in [0.2, 0.25) is 0 Å². The number of alkyl halides is 3. The van der Waals surface area contributed by atoms with Gasteiger partial charge in [-0.15, -0.1) is 0 Å². The zero-order valence-electron chi connectivity index (χ0n) is 16.4. The van der Waals surface area contributed by atoms with Gasteiger partial charge in [0.1, 0.15) is 0 Å². The third-order valence-electron chi connectivity index (χ3n) is 5.31. The van der Waals surface area contributed by atoms with E-state index in [1.807, 2.05) is 13.0 Å². The number of rotatable bonds is 5. The smallest absolute Gasteiger partial charge is 0.349 e. The second kappa shape index (κ2) is 8.75. The van der Waals surface area contributed by atoms with Gasteiger partial charge in [-0.3, -0.25) is 9.78 Å². The van der Waals surface area contributed by atoms with E-state index in [0.29, 0.717) is 36.8 Å². The highest BCUT2D eigenvalue weighted by molar-refractivity contribution is 7.91. The van der Waals surface area contributed by atoms with Crippen LogP contribution in [0.1, 0.15) is 47.2 Å². The number of nitrogens with one attached hydrogen (secondary N) is 1. The molecule has 3 rings (SSSR count). The van der Waals surface area contributed by atoms with Crippen LogP contribution in [0, 0.1) is 12.8 Å². The lowest BCUT2D eigenvalue weighted by molar-refractivity contribution is -0.137. The van der Waals surface area contributed by atoms with Gasteiger partial charge in [0, 0.05) is 18.4 Å². The van der Waals surface area contributed by atoms with E-state index in [1.54, 1.807) is 18.2 Å². The molecular formula is C21H23F3N2O3S. The van der Waals surface area contributed by atoms with Crippen molar-refractivity contribution in [3.8, 4) is 0 Å². The summed E-state index contributed by atoms with van der Waals surface area (Å²) >= 11 is 0. The minimum atomic E-state index is -4.57. The van der Waals surface area contributed by atoms with Crippen LogP contribution in [0.2, 0.25) is 0 Å². The number of carbonyl (C=O) groups is 1. The maximum atomic E-state index is 12.8. The number of hydrogen-bond acceptors (Lipinski definition) is 4. The van der Waals surface area contributed by atoms with Gasteiger partial charge in [-0.25, -0.2) is 8.42 Å². The second-order valence-corrected chi connectivity index (χ2v) is 9.78. The molecule has 5 nitrogen and oxygen atoms in total. The summed E-state index contributed by atoms with van der Waals surface area (Å²) in [5.41, 5.74) is -0.235. The van der Waals surface area contributed by atoms with E-state index < -0.39 is 27.5 Å². The largest absolute Gasteiger partial charge is 0.417 e. The molecule has 162 valence electrons. The van der Waals surface area contributed by atoms with Gasteiger partial charge >= 0.3 is 6.18 Å². The number of halogens is 3. The number of aryl methyl sites for hydroxylation is 1. The number of pyridine rings is 1. The van der Waals surface area contributed by atoms with E-state index in [0.717, 1.165) is 17.8 Å². The lowest BCUT2D eigenvalue weighted by atomic mass is 9.87. The molecule has 0 spiro atoms. The van der Waals surface area contributed by atoms with Gasteiger partial charge in [0.25, 0.3) is 5.91 Å². The summed E-state index contributed by atoms with van der Waals surface area (Å²) in [6, 6.07) is 7.39. The average molecular weight is 440 g/mol. The molecule has 0 radical (unpaired) electrons. The van der Waals surface area contributed by atoms with Crippen LogP contribution in [0.15, 0.2) is 47.6 Å². The van der Waals surface area contributed by atoms with E-state index in [-0.39, 0.29) is 23.3 Å². The lowest BCUT2D eigenvalue weighted by Gasteiger charge is -2.29. The molecule has 1 aliphatic carbocycles. The highest BCUT2D eigenvalue weighted by Gasteiger charge is 2.32. The van der Waals surface area contributed by atoms with Gasteiger partial charge in [0.15, 0.2) is 9.84 Å². The van der Waals surface area contributed by atoms with Crippen LogP contribution in [-0.2, 0) is 16.0 Å². The highest BCUT2D eigenvalue weighted by atomic mass is 32.2. The van der Waals surface area contributed by atoms with Crippen LogP contribution in [0.5, 0.6) is 0 Å². The minimum Gasteiger partial charge on any atom is -0.349 e. The fourth-order valence-corrected chi connectivity index (χ4v) is 5.47. The number of aromatic nitrogens is 1. The fraction of sp³-hybridized carbons (Fsp3) is 0.429. The van der Waals surface area contributed by atoms with E-state index >= 15 is 0 Å². The maximum absolute atomic E-state index is 12.8. The topological polar surface area (TPSA) is 76.1 Å². The minimum absolute atomic E-state index is 0.0149. The summed E-state index contributed by atoms with van der Waals surface area (Å²) in [6.07, 6.45) is -0.392. The first kappa shape index (κ1) is 22.3. The number of sulfone groups is 1. The van der Waals surface area contributed by atoms with Crippen molar-refractivity contribution >= 4 is 15.7 Å². The molecular weight excluding hydrogens is 417 g/mol. The predicted molar refractivity (Wildman–Crippen MR) is 106 cm³/mol. The van der Waals surface area contributed by atoms with Crippen molar-refractivity contribution in [1.82, 2.24) is 10.3 Å². The second-order valence-electron chi connectivity index (χ2n) is 7.75. The quantitative estimate of drug-likeness (QED) is 0.757. The Hall–Kier alpha value is -2.42. The molecule has 0 bridgehead atoms.